The Balaban J connectivity index is 2.29. The number of carboxylic acids is 1. The number of hydrogen-bond donors (Lipinski definition) is 3. The Labute approximate surface area is 114 Å². The van der Waals surface area contributed by atoms with E-state index in [4.69, 9.17) is 5.11 Å². The van der Waals surface area contributed by atoms with E-state index in [-0.39, 0.29) is 11.2 Å². The number of aromatic amines is 1. The summed E-state index contributed by atoms with van der Waals surface area (Å²) in [5, 5.41) is 18.1. The van der Waals surface area contributed by atoms with Gasteiger partial charge in [0.15, 0.2) is 5.82 Å². The van der Waals surface area contributed by atoms with Crippen molar-refractivity contribution in [2.45, 2.75) is 13.8 Å². The van der Waals surface area contributed by atoms with E-state index in [2.05, 4.69) is 15.5 Å². The van der Waals surface area contributed by atoms with E-state index in [0.717, 1.165) is 0 Å². The average molecular weight is 279 g/mol. The molecule has 0 saturated heterocycles. The van der Waals surface area contributed by atoms with Crippen LogP contribution in [0.1, 0.15) is 13.8 Å². The van der Waals surface area contributed by atoms with Crippen LogP contribution in [-0.2, 0) is 9.59 Å². The lowest BCUT2D eigenvalue weighted by Crippen LogP contribution is -2.33. The summed E-state index contributed by atoms with van der Waals surface area (Å²) in [6.45, 7) is 3.24. The number of halogens is 1. The Morgan fingerprint density at radius 2 is 2.10 bits per heavy atom. The Bertz CT molecular complexity index is 666. The summed E-state index contributed by atoms with van der Waals surface area (Å²) in [7, 11) is 0. The Hall–Kier alpha value is -2.44. The highest BCUT2D eigenvalue weighted by molar-refractivity contribution is 6.05. The molecular formula is C13H14FN3O3. The van der Waals surface area contributed by atoms with Gasteiger partial charge in [0.25, 0.3) is 0 Å². The van der Waals surface area contributed by atoms with E-state index < -0.39 is 29.5 Å². The molecule has 1 amide bonds. The molecule has 1 aromatic heterocycles. The average Bonchev–Trinajstić information content (AvgIpc) is 2.80. The maximum atomic E-state index is 14.1. The maximum absolute atomic E-state index is 14.1. The van der Waals surface area contributed by atoms with Crippen LogP contribution in [0.2, 0.25) is 0 Å². The van der Waals surface area contributed by atoms with Gasteiger partial charge in [-0.1, -0.05) is 13.8 Å². The number of nitrogens with zero attached hydrogens (tertiary/aromatic N) is 1. The van der Waals surface area contributed by atoms with Crippen LogP contribution in [-0.4, -0.2) is 27.2 Å². The number of aromatic nitrogens is 2. The molecule has 2 aromatic rings. The highest BCUT2D eigenvalue weighted by Crippen LogP contribution is 2.24. The second-order valence-corrected chi connectivity index (χ2v) is 4.81. The summed E-state index contributed by atoms with van der Waals surface area (Å²) in [5.41, 5.74) is 0.0953. The van der Waals surface area contributed by atoms with Gasteiger partial charge in [0.05, 0.1) is 11.9 Å². The summed E-state index contributed by atoms with van der Waals surface area (Å²) >= 11 is 0. The van der Waals surface area contributed by atoms with Gasteiger partial charge < -0.3 is 10.4 Å². The molecule has 2 rings (SSSR count). The first kappa shape index (κ1) is 14.0. The summed E-state index contributed by atoms with van der Waals surface area (Å²) < 4.78 is 14.1. The SMILES string of the molecule is CC(C)C(C(=O)O)C(=O)Nc1ccc2cn[nH]c2c1F. The topological polar surface area (TPSA) is 95.1 Å². The molecule has 0 aliphatic carbocycles. The van der Waals surface area contributed by atoms with E-state index in [1.165, 1.54) is 12.3 Å². The summed E-state index contributed by atoms with van der Waals surface area (Å²) in [5.74, 6) is -4.27. The second kappa shape index (κ2) is 5.28. The number of carbonyl (C=O) groups is 2. The first-order valence-corrected chi connectivity index (χ1v) is 6.07. The normalized spacial score (nSPS) is 12.6. The number of rotatable bonds is 4. The van der Waals surface area contributed by atoms with Crippen molar-refractivity contribution in [3.05, 3.63) is 24.1 Å². The number of hydrogen-bond acceptors (Lipinski definition) is 3. The fourth-order valence-corrected chi connectivity index (χ4v) is 1.99. The third kappa shape index (κ3) is 2.47. The Kier molecular flexibility index (Phi) is 3.69. The van der Waals surface area contributed by atoms with Gasteiger partial charge in [-0.2, -0.15) is 5.10 Å². The fraction of sp³-hybridized carbons (Fsp3) is 0.308. The number of amides is 1. The smallest absolute Gasteiger partial charge is 0.316 e. The number of carbonyl (C=O) groups excluding carboxylic acids is 1. The van der Waals surface area contributed by atoms with Gasteiger partial charge >= 0.3 is 5.97 Å². The minimum atomic E-state index is -1.24. The number of H-pyrrole nitrogens is 1. The monoisotopic (exact) mass is 279 g/mol. The van der Waals surface area contributed by atoms with E-state index in [0.29, 0.717) is 5.39 Å². The molecule has 20 heavy (non-hydrogen) atoms. The van der Waals surface area contributed by atoms with Crippen LogP contribution in [0.15, 0.2) is 18.3 Å². The van der Waals surface area contributed by atoms with Crippen LogP contribution in [0.3, 0.4) is 0 Å². The van der Waals surface area contributed by atoms with Crippen LogP contribution in [0, 0.1) is 17.7 Å². The van der Waals surface area contributed by atoms with Crippen molar-refractivity contribution in [1.29, 1.82) is 0 Å². The lowest BCUT2D eigenvalue weighted by atomic mass is 9.95. The van der Waals surface area contributed by atoms with Crippen LogP contribution in [0.4, 0.5) is 10.1 Å². The second-order valence-electron chi connectivity index (χ2n) is 4.81. The molecule has 1 unspecified atom stereocenters. The van der Waals surface area contributed by atoms with Gasteiger partial charge in [0.1, 0.15) is 11.4 Å². The van der Waals surface area contributed by atoms with Crippen LogP contribution in [0.25, 0.3) is 10.9 Å². The molecule has 1 atom stereocenters. The minimum absolute atomic E-state index is 0.0707. The molecule has 6 nitrogen and oxygen atoms in total. The predicted molar refractivity (Wildman–Crippen MR) is 70.6 cm³/mol. The van der Waals surface area contributed by atoms with Gasteiger partial charge in [-0.3, -0.25) is 14.7 Å². The molecule has 0 bridgehead atoms. The molecule has 0 saturated carbocycles. The van der Waals surface area contributed by atoms with Gasteiger partial charge in [0, 0.05) is 5.39 Å². The number of nitrogens with one attached hydrogen (secondary N) is 2. The largest absolute Gasteiger partial charge is 0.481 e. The first-order chi connectivity index (χ1) is 9.41. The van der Waals surface area contributed by atoms with Crippen LogP contribution in [0.5, 0.6) is 0 Å². The third-order valence-corrected chi connectivity index (χ3v) is 3.03. The molecule has 1 aromatic carbocycles. The molecular weight excluding hydrogens is 265 g/mol. The summed E-state index contributed by atoms with van der Waals surface area (Å²) in [4.78, 5) is 23.0. The molecule has 106 valence electrons. The van der Waals surface area contributed by atoms with Crippen molar-refractivity contribution in [1.82, 2.24) is 10.2 Å². The number of anilines is 1. The van der Waals surface area contributed by atoms with Gasteiger partial charge in [-0.05, 0) is 18.1 Å². The summed E-state index contributed by atoms with van der Waals surface area (Å²) in [6.07, 6.45) is 1.46. The summed E-state index contributed by atoms with van der Waals surface area (Å²) in [6, 6.07) is 2.97. The van der Waals surface area contributed by atoms with E-state index in [1.807, 2.05) is 0 Å². The molecule has 0 aliphatic heterocycles. The van der Waals surface area contributed by atoms with Crippen molar-refractivity contribution in [2.75, 3.05) is 5.32 Å². The van der Waals surface area contributed by atoms with Crippen molar-refractivity contribution < 1.29 is 19.1 Å². The lowest BCUT2D eigenvalue weighted by Gasteiger charge is -2.16. The minimum Gasteiger partial charge on any atom is -0.481 e. The Morgan fingerprint density at radius 1 is 1.40 bits per heavy atom. The first-order valence-electron chi connectivity index (χ1n) is 6.07. The van der Waals surface area contributed by atoms with Gasteiger partial charge in [-0.25, -0.2) is 4.39 Å². The zero-order valence-electron chi connectivity index (χ0n) is 11.0. The Morgan fingerprint density at radius 3 is 2.70 bits per heavy atom. The molecule has 0 radical (unpaired) electrons. The molecule has 0 fully saturated rings. The highest BCUT2D eigenvalue weighted by Gasteiger charge is 2.30. The number of carboxylic acid groups (broad SMARTS) is 1. The van der Waals surface area contributed by atoms with Crippen LogP contribution < -0.4 is 5.32 Å². The van der Waals surface area contributed by atoms with Crippen molar-refractivity contribution in [3.8, 4) is 0 Å². The maximum Gasteiger partial charge on any atom is 0.316 e. The zero-order chi connectivity index (χ0) is 14.9. The van der Waals surface area contributed by atoms with E-state index in [9.17, 15) is 14.0 Å². The molecule has 7 heteroatoms. The van der Waals surface area contributed by atoms with Crippen molar-refractivity contribution in [3.63, 3.8) is 0 Å². The number of fused-ring (bicyclic) bond motifs is 1. The number of benzene rings is 1. The number of aliphatic carboxylic acids is 1. The third-order valence-electron chi connectivity index (χ3n) is 3.03. The van der Waals surface area contributed by atoms with Crippen molar-refractivity contribution >= 4 is 28.5 Å². The molecule has 0 spiro atoms. The quantitative estimate of drug-likeness (QED) is 0.746. The van der Waals surface area contributed by atoms with Gasteiger partial charge in [-0.15, -0.1) is 0 Å². The van der Waals surface area contributed by atoms with Crippen LogP contribution >= 0.6 is 0 Å². The molecule has 3 N–H and O–H groups in total. The molecule has 1 heterocycles. The standard InChI is InChI=1S/C13H14FN3O3/c1-6(2)9(13(19)20)12(18)16-8-4-3-7-5-15-17-11(7)10(8)14/h3-6,9H,1-2H3,(H,15,17)(H,16,18)(H,19,20). The highest BCUT2D eigenvalue weighted by atomic mass is 19.1. The predicted octanol–water partition coefficient (Wildman–Crippen LogP) is 2.00. The van der Waals surface area contributed by atoms with E-state index >= 15 is 0 Å². The molecule has 0 aliphatic rings. The van der Waals surface area contributed by atoms with E-state index in [1.54, 1.807) is 19.9 Å². The van der Waals surface area contributed by atoms with Crippen molar-refractivity contribution in [2.24, 2.45) is 11.8 Å². The lowest BCUT2D eigenvalue weighted by molar-refractivity contribution is -0.147. The fourth-order valence-electron chi connectivity index (χ4n) is 1.99. The van der Waals surface area contributed by atoms with Gasteiger partial charge in [0.2, 0.25) is 5.91 Å². The zero-order valence-corrected chi connectivity index (χ0v) is 11.0.